The molecule has 2 heterocycles. The molecule has 8 heteroatoms. The standard InChI is InChI=1S/C19H24N4O3S/c20-27(25,26)18-6-4-15(5-7-18)8-9-22-19(24)16-12-17(14-21-13-16)23-10-2-1-3-11-23/h4-7,12-14H,1-3,8-11H2,(H,22,24)(H2,20,25,26). The lowest BCUT2D eigenvalue weighted by molar-refractivity contribution is 0.0954. The molecule has 0 spiro atoms. The van der Waals surface area contributed by atoms with E-state index < -0.39 is 10.0 Å². The molecule has 3 rings (SSSR count). The summed E-state index contributed by atoms with van der Waals surface area (Å²) in [6, 6.07) is 8.22. The summed E-state index contributed by atoms with van der Waals surface area (Å²) >= 11 is 0. The monoisotopic (exact) mass is 388 g/mol. The van der Waals surface area contributed by atoms with Crippen molar-refractivity contribution in [1.82, 2.24) is 10.3 Å². The fourth-order valence-corrected chi connectivity index (χ4v) is 3.66. The van der Waals surface area contributed by atoms with Crippen molar-refractivity contribution in [3.63, 3.8) is 0 Å². The summed E-state index contributed by atoms with van der Waals surface area (Å²) in [7, 11) is -3.68. The number of primary sulfonamides is 1. The second-order valence-corrected chi connectivity index (χ2v) is 8.24. The van der Waals surface area contributed by atoms with Gasteiger partial charge in [-0.25, -0.2) is 13.6 Å². The van der Waals surface area contributed by atoms with E-state index >= 15 is 0 Å². The Kier molecular flexibility index (Phi) is 6.08. The Morgan fingerprint density at radius 3 is 2.48 bits per heavy atom. The van der Waals surface area contributed by atoms with Gasteiger partial charge in [0.2, 0.25) is 10.0 Å². The number of rotatable bonds is 6. The number of sulfonamides is 1. The van der Waals surface area contributed by atoms with Crippen LogP contribution in [0.3, 0.4) is 0 Å². The third-order valence-corrected chi connectivity index (χ3v) is 5.59. The van der Waals surface area contributed by atoms with Crippen molar-refractivity contribution < 1.29 is 13.2 Å². The van der Waals surface area contributed by atoms with E-state index in [1.54, 1.807) is 24.5 Å². The van der Waals surface area contributed by atoms with Gasteiger partial charge in [-0.3, -0.25) is 9.78 Å². The number of pyridine rings is 1. The van der Waals surface area contributed by atoms with Crippen LogP contribution in [0, 0.1) is 0 Å². The van der Waals surface area contributed by atoms with E-state index in [1.807, 2.05) is 6.07 Å². The highest BCUT2D eigenvalue weighted by molar-refractivity contribution is 7.89. The molecular formula is C19H24N4O3S. The molecule has 0 unspecified atom stereocenters. The van der Waals surface area contributed by atoms with Crippen molar-refractivity contribution in [3.05, 3.63) is 53.9 Å². The van der Waals surface area contributed by atoms with Crippen LogP contribution in [0.1, 0.15) is 35.2 Å². The number of nitrogens with two attached hydrogens (primary N) is 1. The van der Waals surface area contributed by atoms with Gasteiger partial charge in [0.25, 0.3) is 5.91 Å². The van der Waals surface area contributed by atoms with Crippen molar-refractivity contribution in [2.75, 3.05) is 24.5 Å². The molecule has 1 amide bonds. The molecule has 1 fully saturated rings. The van der Waals surface area contributed by atoms with Crippen LogP contribution in [0.15, 0.2) is 47.6 Å². The van der Waals surface area contributed by atoms with Crippen LogP contribution in [-0.4, -0.2) is 38.9 Å². The van der Waals surface area contributed by atoms with Gasteiger partial charge in [-0.2, -0.15) is 0 Å². The van der Waals surface area contributed by atoms with E-state index in [9.17, 15) is 13.2 Å². The molecule has 0 saturated carbocycles. The first kappa shape index (κ1) is 19.3. The van der Waals surface area contributed by atoms with E-state index in [4.69, 9.17) is 5.14 Å². The molecule has 1 saturated heterocycles. The second-order valence-electron chi connectivity index (χ2n) is 6.67. The molecule has 144 valence electrons. The Bertz CT molecular complexity index is 891. The molecule has 7 nitrogen and oxygen atoms in total. The molecule has 0 radical (unpaired) electrons. The average Bonchev–Trinajstić information content (AvgIpc) is 2.68. The second kappa shape index (κ2) is 8.49. The minimum atomic E-state index is -3.68. The van der Waals surface area contributed by atoms with Crippen molar-refractivity contribution in [2.24, 2.45) is 5.14 Å². The lowest BCUT2D eigenvalue weighted by Gasteiger charge is -2.28. The van der Waals surface area contributed by atoms with E-state index in [-0.39, 0.29) is 10.8 Å². The van der Waals surface area contributed by atoms with Gasteiger partial charge in [0.05, 0.1) is 22.3 Å². The zero-order valence-electron chi connectivity index (χ0n) is 15.1. The summed E-state index contributed by atoms with van der Waals surface area (Å²) in [5.74, 6) is -0.164. The number of nitrogens with zero attached hydrogens (tertiary/aromatic N) is 2. The molecule has 1 aliphatic rings. The molecule has 0 aliphatic carbocycles. The van der Waals surface area contributed by atoms with E-state index in [1.165, 1.54) is 31.4 Å². The summed E-state index contributed by atoms with van der Waals surface area (Å²) in [6.45, 7) is 2.45. The first-order chi connectivity index (χ1) is 12.9. The number of carbonyl (C=O) groups excluding carboxylic acids is 1. The van der Waals surface area contributed by atoms with Gasteiger partial charge >= 0.3 is 0 Å². The smallest absolute Gasteiger partial charge is 0.252 e. The lowest BCUT2D eigenvalue weighted by atomic mass is 10.1. The summed E-state index contributed by atoms with van der Waals surface area (Å²) in [4.78, 5) is 18.9. The number of piperidine rings is 1. The highest BCUT2D eigenvalue weighted by atomic mass is 32.2. The predicted octanol–water partition coefficient (Wildman–Crippen LogP) is 1.69. The Morgan fingerprint density at radius 2 is 1.81 bits per heavy atom. The zero-order valence-corrected chi connectivity index (χ0v) is 15.9. The summed E-state index contributed by atoms with van der Waals surface area (Å²) in [5, 5.41) is 7.97. The molecule has 0 atom stereocenters. The first-order valence-electron chi connectivity index (χ1n) is 9.03. The molecule has 1 aliphatic heterocycles. The normalized spacial score (nSPS) is 14.8. The molecule has 1 aromatic carbocycles. The molecule has 1 aromatic heterocycles. The summed E-state index contributed by atoms with van der Waals surface area (Å²) < 4.78 is 22.5. The fraction of sp³-hybridized carbons (Fsp3) is 0.368. The van der Waals surface area contributed by atoms with Crippen LogP contribution >= 0.6 is 0 Å². The third kappa shape index (κ3) is 5.27. The van der Waals surface area contributed by atoms with Crippen LogP contribution in [0.25, 0.3) is 0 Å². The van der Waals surface area contributed by atoms with E-state index in [0.717, 1.165) is 24.3 Å². The fourth-order valence-electron chi connectivity index (χ4n) is 3.15. The van der Waals surface area contributed by atoms with Crippen LogP contribution in [-0.2, 0) is 16.4 Å². The molecular weight excluding hydrogens is 364 g/mol. The molecule has 2 aromatic rings. The van der Waals surface area contributed by atoms with Gasteiger partial charge < -0.3 is 10.2 Å². The van der Waals surface area contributed by atoms with Gasteiger partial charge in [0.1, 0.15) is 0 Å². The highest BCUT2D eigenvalue weighted by Crippen LogP contribution is 2.19. The Labute approximate surface area is 159 Å². The van der Waals surface area contributed by atoms with E-state index in [2.05, 4.69) is 15.2 Å². The number of benzene rings is 1. The molecule has 0 bridgehead atoms. The van der Waals surface area contributed by atoms with Crippen molar-refractivity contribution >= 4 is 21.6 Å². The maximum Gasteiger partial charge on any atom is 0.252 e. The molecule has 3 N–H and O–H groups in total. The number of nitrogens with one attached hydrogen (secondary N) is 1. The number of hydrogen-bond donors (Lipinski definition) is 2. The largest absolute Gasteiger partial charge is 0.370 e. The number of amides is 1. The van der Waals surface area contributed by atoms with Gasteiger partial charge in [-0.15, -0.1) is 0 Å². The maximum atomic E-state index is 12.4. The maximum absolute atomic E-state index is 12.4. The van der Waals surface area contributed by atoms with Gasteiger partial charge in [-0.1, -0.05) is 12.1 Å². The van der Waals surface area contributed by atoms with Crippen LogP contribution < -0.4 is 15.4 Å². The summed E-state index contributed by atoms with van der Waals surface area (Å²) in [5.41, 5.74) is 2.45. The van der Waals surface area contributed by atoms with Crippen molar-refractivity contribution in [2.45, 2.75) is 30.6 Å². The Balaban J connectivity index is 1.55. The topological polar surface area (TPSA) is 105 Å². The summed E-state index contributed by atoms with van der Waals surface area (Å²) in [6.07, 6.45) is 7.55. The number of hydrogen-bond acceptors (Lipinski definition) is 5. The van der Waals surface area contributed by atoms with Crippen molar-refractivity contribution in [3.8, 4) is 0 Å². The predicted molar refractivity (Wildman–Crippen MR) is 104 cm³/mol. The minimum Gasteiger partial charge on any atom is -0.370 e. The minimum absolute atomic E-state index is 0.0795. The van der Waals surface area contributed by atoms with Crippen LogP contribution in [0.5, 0.6) is 0 Å². The lowest BCUT2D eigenvalue weighted by Crippen LogP contribution is -2.30. The number of carbonyl (C=O) groups is 1. The van der Waals surface area contributed by atoms with E-state index in [0.29, 0.717) is 18.5 Å². The average molecular weight is 388 g/mol. The quantitative estimate of drug-likeness (QED) is 0.783. The Hall–Kier alpha value is -2.45. The third-order valence-electron chi connectivity index (χ3n) is 4.66. The van der Waals surface area contributed by atoms with Gasteiger partial charge in [0, 0.05) is 25.8 Å². The number of anilines is 1. The highest BCUT2D eigenvalue weighted by Gasteiger charge is 2.14. The van der Waals surface area contributed by atoms with Crippen LogP contribution in [0.2, 0.25) is 0 Å². The zero-order chi connectivity index (χ0) is 19.3. The molecule has 27 heavy (non-hydrogen) atoms. The number of aromatic nitrogens is 1. The SMILES string of the molecule is NS(=O)(=O)c1ccc(CCNC(=O)c2cncc(N3CCCCC3)c2)cc1. The van der Waals surface area contributed by atoms with Gasteiger partial charge in [0.15, 0.2) is 0 Å². The Morgan fingerprint density at radius 1 is 1.11 bits per heavy atom. The van der Waals surface area contributed by atoms with Crippen molar-refractivity contribution in [1.29, 1.82) is 0 Å². The first-order valence-corrected chi connectivity index (χ1v) is 10.6. The van der Waals surface area contributed by atoms with Gasteiger partial charge in [-0.05, 0) is 49.4 Å². The van der Waals surface area contributed by atoms with Crippen LogP contribution in [0.4, 0.5) is 5.69 Å².